The third-order valence-corrected chi connectivity index (χ3v) is 5.15. The van der Waals surface area contributed by atoms with Crippen molar-refractivity contribution in [2.75, 3.05) is 18.8 Å². The lowest BCUT2D eigenvalue weighted by Gasteiger charge is -2.21. The fraction of sp³-hybridized carbons (Fsp3) is 0.200. The van der Waals surface area contributed by atoms with Gasteiger partial charge in [-0.1, -0.05) is 6.07 Å². The van der Waals surface area contributed by atoms with E-state index in [-0.39, 0.29) is 31.3 Å². The monoisotopic (exact) mass is 493 g/mol. The molecule has 1 aliphatic heterocycles. The number of hydrogen-bond acceptors (Lipinski definition) is 9. The number of ether oxygens (including phenoxy) is 4. The number of carboxylic acids is 1. The molecule has 0 aliphatic carbocycles. The summed E-state index contributed by atoms with van der Waals surface area (Å²) in [6.45, 7) is 2.54. The maximum absolute atomic E-state index is 11.3. The van der Waals surface area contributed by atoms with Crippen LogP contribution in [0.15, 0.2) is 59.7 Å². The second-order valence-corrected chi connectivity index (χ2v) is 7.64. The van der Waals surface area contributed by atoms with Crippen molar-refractivity contribution in [1.82, 2.24) is 0 Å². The van der Waals surface area contributed by atoms with Crippen LogP contribution in [0.3, 0.4) is 0 Å². The molecule has 4 rings (SSSR count). The lowest BCUT2D eigenvalue weighted by molar-refractivity contribution is -0.385. The van der Waals surface area contributed by atoms with Gasteiger partial charge in [0.25, 0.3) is 5.69 Å². The molecular weight excluding hydrogens is 470 g/mol. The van der Waals surface area contributed by atoms with Gasteiger partial charge in [0, 0.05) is 23.3 Å². The average molecular weight is 493 g/mol. The number of hydrogen-bond donors (Lipinski definition) is 2. The van der Waals surface area contributed by atoms with E-state index >= 15 is 0 Å². The fourth-order valence-corrected chi connectivity index (χ4v) is 3.54. The minimum absolute atomic E-state index is 0.0268. The summed E-state index contributed by atoms with van der Waals surface area (Å²) in [6.07, 6.45) is 1.56. The van der Waals surface area contributed by atoms with Crippen LogP contribution in [-0.2, 0) is 18.0 Å². The minimum atomic E-state index is -1.02. The summed E-state index contributed by atoms with van der Waals surface area (Å²) in [6, 6.07) is 14.4. The second kappa shape index (κ2) is 11.2. The van der Waals surface area contributed by atoms with Crippen LogP contribution in [0.25, 0.3) is 0 Å². The van der Waals surface area contributed by atoms with Crippen LogP contribution in [0.2, 0.25) is 0 Å². The van der Waals surface area contributed by atoms with Crippen molar-refractivity contribution < 1.29 is 33.8 Å². The van der Waals surface area contributed by atoms with Gasteiger partial charge in [0.05, 0.1) is 35.6 Å². The zero-order valence-corrected chi connectivity index (χ0v) is 19.3. The number of non-ortho nitro benzene ring substituents is 1. The molecule has 2 N–H and O–H groups in total. The van der Waals surface area contributed by atoms with Crippen molar-refractivity contribution >= 4 is 23.6 Å². The number of anilines is 1. The van der Waals surface area contributed by atoms with E-state index < -0.39 is 10.9 Å². The van der Waals surface area contributed by atoms with E-state index in [0.717, 1.165) is 0 Å². The number of carbonyl (C=O) groups is 1. The van der Waals surface area contributed by atoms with Crippen LogP contribution in [0.4, 0.5) is 11.4 Å². The van der Waals surface area contributed by atoms with Gasteiger partial charge in [-0.15, -0.1) is 0 Å². The van der Waals surface area contributed by atoms with Gasteiger partial charge in [-0.3, -0.25) is 15.5 Å². The van der Waals surface area contributed by atoms with Gasteiger partial charge in [-0.2, -0.15) is 5.10 Å². The summed E-state index contributed by atoms with van der Waals surface area (Å²) in [5.74, 6) is 0.415. The molecule has 36 heavy (non-hydrogen) atoms. The molecule has 0 atom stereocenters. The van der Waals surface area contributed by atoms with E-state index in [0.29, 0.717) is 46.2 Å². The minimum Gasteiger partial charge on any atom is -0.490 e. The van der Waals surface area contributed by atoms with Crippen molar-refractivity contribution in [2.45, 2.75) is 20.1 Å². The summed E-state index contributed by atoms with van der Waals surface area (Å²) in [5.41, 5.74) is 5.24. The average Bonchev–Trinajstić information content (AvgIpc) is 2.88. The molecule has 1 aliphatic rings. The van der Waals surface area contributed by atoms with Gasteiger partial charge in [0.1, 0.15) is 12.4 Å². The molecule has 0 fully saturated rings. The van der Waals surface area contributed by atoms with Gasteiger partial charge < -0.3 is 24.1 Å². The van der Waals surface area contributed by atoms with Crippen LogP contribution in [0.5, 0.6) is 17.2 Å². The quantitative estimate of drug-likeness (QED) is 0.236. The van der Waals surface area contributed by atoms with Gasteiger partial charge >= 0.3 is 5.97 Å². The molecular formula is C25H23N3O8. The standard InChI is InChI=1S/C25H23N3O8/c1-2-34-23-8-16(12-26-27-20-5-3-4-17(9-20)25(29)30)6-7-22(23)35-14-19-11-21(28(31)32)10-18-13-33-15-36-24(18)19/h3-12,27H,2,13-15H2,1H3,(H,29,30). The fourth-order valence-electron chi connectivity index (χ4n) is 3.54. The van der Waals surface area contributed by atoms with Crippen LogP contribution in [0, 0.1) is 10.1 Å². The number of hydrazone groups is 1. The number of fused-ring (bicyclic) bond motifs is 1. The van der Waals surface area contributed by atoms with Crippen LogP contribution < -0.4 is 19.6 Å². The Labute approximate surface area is 206 Å². The summed E-state index contributed by atoms with van der Waals surface area (Å²) in [4.78, 5) is 22.0. The van der Waals surface area contributed by atoms with Crippen LogP contribution >= 0.6 is 0 Å². The molecule has 0 radical (unpaired) electrons. The van der Waals surface area contributed by atoms with Crippen molar-refractivity contribution in [3.8, 4) is 17.2 Å². The summed E-state index contributed by atoms with van der Waals surface area (Å²) in [5, 5.41) is 24.6. The Bertz CT molecular complexity index is 1310. The Balaban J connectivity index is 1.49. The van der Waals surface area contributed by atoms with Crippen molar-refractivity contribution in [2.24, 2.45) is 5.10 Å². The molecule has 11 nitrogen and oxygen atoms in total. The number of benzene rings is 3. The lowest BCUT2D eigenvalue weighted by Crippen LogP contribution is -2.14. The molecule has 0 spiro atoms. The van der Waals surface area contributed by atoms with Crippen molar-refractivity contribution in [3.63, 3.8) is 0 Å². The Morgan fingerprint density at radius 1 is 1.19 bits per heavy atom. The Hall–Kier alpha value is -4.64. The third-order valence-electron chi connectivity index (χ3n) is 5.15. The van der Waals surface area contributed by atoms with Gasteiger partial charge in [-0.05, 0) is 48.9 Å². The highest BCUT2D eigenvalue weighted by molar-refractivity contribution is 5.89. The summed E-state index contributed by atoms with van der Waals surface area (Å²) >= 11 is 0. The SMILES string of the molecule is CCOc1cc(C=NNc2cccc(C(=O)O)c2)ccc1OCc1cc([N+](=O)[O-])cc2c1OCOC2. The molecule has 0 saturated carbocycles. The number of aromatic carboxylic acids is 1. The molecule has 0 aromatic heterocycles. The lowest BCUT2D eigenvalue weighted by atomic mass is 10.1. The molecule has 0 saturated heterocycles. The maximum atomic E-state index is 11.3. The Morgan fingerprint density at radius 2 is 2.06 bits per heavy atom. The van der Waals surface area contributed by atoms with E-state index in [2.05, 4.69) is 10.5 Å². The molecule has 0 bridgehead atoms. The zero-order valence-electron chi connectivity index (χ0n) is 19.3. The molecule has 1 heterocycles. The molecule has 0 amide bonds. The number of nitro groups is 1. The number of carboxylic acid groups (broad SMARTS) is 1. The van der Waals surface area contributed by atoms with Crippen LogP contribution in [0.1, 0.15) is 34.0 Å². The first-order chi connectivity index (χ1) is 17.4. The molecule has 3 aromatic rings. The first-order valence-corrected chi connectivity index (χ1v) is 11.0. The largest absolute Gasteiger partial charge is 0.490 e. The highest BCUT2D eigenvalue weighted by atomic mass is 16.7. The first-order valence-electron chi connectivity index (χ1n) is 11.0. The number of nitro benzene ring substituents is 1. The molecule has 186 valence electrons. The predicted octanol–water partition coefficient (Wildman–Crippen LogP) is 4.58. The van der Waals surface area contributed by atoms with E-state index in [1.807, 2.05) is 6.92 Å². The zero-order chi connectivity index (χ0) is 25.5. The van der Waals surface area contributed by atoms with E-state index in [1.54, 1.807) is 36.5 Å². The smallest absolute Gasteiger partial charge is 0.335 e. The van der Waals surface area contributed by atoms with E-state index in [1.165, 1.54) is 24.3 Å². The van der Waals surface area contributed by atoms with Crippen molar-refractivity contribution in [3.05, 3.63) is 87.0 Å². The molecule has 11 heteroatoms. The molecule has 0 unspecified atom stereocenters. The highest BCUT2D eigenvalue weighted by Gasteiger charge is 2.21. The van der Waals surface area contributed by atoms with Crippen LogP contribution in [-0.4, -0.2) is 35.6 Å². The van der Waals surface area contributed by atoms with E-state index in [4.69, 9.17) is 24.1 Å². The van der Waals surface area contributed by atoms with Gasteiger partial charge in [0.2, 0.25) is 0 Å². The summed E-state index contributed by atoms with van der Waals surface area (Å²) < 4.78 is 22.5. The van der Waals surface area contributed by atoms with E-state index in [9.17, 15) is 14.9 Å². The normalized spacial score (nSPS) is 12.5. The van der Waals surface area contributed by atoms with Gasteiger partial charge in [-0.25, -0.2) is 4.79 Å². The predicted molar refractivity (Wildman–Crippen MR) is 130 cm³/mol. The number of nitrogens with one attached hydrogen (secondary N) is 1. The Morgan fingerprint density at radius 3 is 2.83 bits per heavy atom. The molecule has 3 aromatic carbocycles. The highest BCUT2D eigenvalue weighted by Crippen LogP contribution is 2.35. The summed E-state index contributed by atoms with van der Waals surface area (Å²) in [7, 11) is 0. The van der Waals surface area contributed by atoms with Crippen molar-refractivity contribution in [1.29, 1.82) is 0 Å². The maximum Gasteiger partial charge on any atom is 0.335 e. The third kappa shape index (κ3) is 5.88. The Kier molecular flexibility index (Phi) is 7.61. The number of rotatable bonds is 10. The van der Waals surface area contributed by atoms with Gasteiger partial charge in [0.15, 0.2) is 18.3 Å². The topological polar surface area (TPSA) is 142 Å². The first kappa shape index (κ1) is 24.5. The second-order valence-electron chi connectivity index (χ2n) is 7.64. The number of nitrogens with zero attached hydrogens (tertiary/aromatic N) is 2.